The lowest BCUT2D eigenvalue weighted by Gasteiger charge is -2.25. The largest absolute Gasteiger partial charge is 0.312 e. The quantitative estimate of drug-likeness (QED) is 0.173. The molecular formula is C53H37N3. The molecule has 3 heteroatoms. The van der Waals surface area contributed by atoms with Crippen LogP contribution in [0.15, 0.2) is 181 Å². The van der Waals surface area contributed by atoms with Crippen LogP contribution >= 0.6 is 0 Å². The van der Waals surface area contributed by atoms with E-state index in [9.17, 15) is 0 Å². The van der Waals surface area contributed by atoms with Crippen molar-refractivity contribution in [3.63, 3.8) is 0 Å². The normalized spacial score (nSPS) is 15.6. The van der Waals surface area contributed by atoms with Gasteiger partial charge in [0.2, 0.25) is 0 Å². The van der Waals surface area contributed by atoms with Crippen LogP contribution in [0.3, 0.4) is 0 Å². The Hall–Kier alpha value is -6.97. The molecule has 2 aromatic heterocycles. The third-order valence-corrected chi connectivity index (χ3v) is 12.2. The van der Waals surface area contributed by atoms with Crippen LogP contribution in [-0.2, 0) is 6.42 Å². The van der Waals surface area contributed by atoms with Crippen LogP contribution in [0, 0.1) is 0 Å². The average molecular weight is 716 g/mol. The predicted molar refractivity (Wildman–Crippen MR) is 237 cm³/mol. The van der Waals surface area contributed by atoms with Gasteiger partial charge in [-0.1, -0.05) is 133 Å². The molecule has 0 amide bonds. The molecule has 2 aliphatic rings. The summed E-state index contributed by atoms with van der Waals surface area (Å²) in [6.45, 7) is 0. The predicted octanol–water partition coefficient (Wildman–Crippen LogP) is 13.6. The molecule has 56 heavy (non-hydrogen) atoms. The van der Waals surface area contributed by atoms with Gasteiger partial charge in [0.1, 0.15) is 0 Å². The molecular weight excluding hydrogens is 679 g/mol. The van der Waals surface area contributed by atoms with Gasteiger partial charge in [-0.15, -0.1) is 0 Å². The lowest BCUT2D eigenvalue weighted by Crippen LogP contribution is -2.14. The fourth-order valence-corrected chi connectivity index (χ4v) is 9.58. The Morgan fingerprint density at radius 2 is 1.25 bits per heavy atom. The number of dihydropyridines is 1. The van der Waals surface area contributed by atoms with E-state index in [-0.39, 0.29) is 6.04 Å². The number of hydrogen-bond donors (Lipinski definition) is 0. The zero-order chi connectivity index (χ0) is 36.7. The monoisotopic (exact) mass is 715 g/mol. The lowest BCUT2D eigenvalue weighted by molar-refractivity contribution is 0.731. The molecule has 1 aliphatic carbocycles. The van der Waals surface area contributed by atoms with Crippen LogP contribution in [0.1, 0.15) is 41.1 Å². The molecule has 3 nitrogen and oxygen atoms in total. The highest BCUT2D eigenvalue weighted by Crippen LogP contribution is 2.44. The highest BCUT2D eigenvalue weighted by molar-refractivity contribution is 6.27. The zero-order valence-electron chi connectivity index (χ0n) is 30.9. The second-order valence-corrected chi connectivity index (χ2v) is 15.4. The summed E-state index contributed by atoms with van der Waals surface area (Å²) >= 11 is 0. The third kappa shape index (κ3) is 4.80. The Balaban J connectivity index is 1.14. The Bertz CT molecular complexity index is 3350. The van der Waals surface area contributed by atoms with Gasteiger partial charge >= 0.3 is 0 Å². The van der Waals surface area contributed by atoms with Gasteiger partial charge in [0.25, 0.3) is 0 Å². The number of aliphatic imine (C=N–C) groups is 1. The average Bonchev–Trinajstić information content (AvgIpc) is 3.79. The number of rotatable bonds is 4. The van der Waals surface area contributed by atoms with Crippen molar-refractivity contribution in [1.29, 1.82) is 0 Å². The minimum atomic E-state index is -0.0418. The van der Waals surface area contributed by atoms with Crippen molar-refractivity contribution in [3.8, 4) is 5.69 Å². The molecule has 0 N–H and O–H groups in total. The summed E-state index contributed by atoms with van der Waals surface area (Å²) in [5.74, 6) is 0. The van der Waals surface area contributed by atoms with Gasteiger partial charge < -0.3 is 9.13 Å². The first-order valence-electron chi connectivity index (χ1n) is 19.8. The maximum atomic E-state index is 5.58. The number of fused-ring (bicyclic) bond motifs is 10. The summed E-state index contributed by atoms with van der Waals surface area (Å²) in [6, 6.07) is 60.5. The van der Waals surface area contributed by atoms with Crippen molar-refractivity contribution in [1.82, 2.24) is 9.13 Å². The highest BCUT2D eigenvalue weighted by atomic mass is 15.0. The third-order valence-electron chi connectivity index (χ3n) is 12.2. The minimum Gasteiger partial charge on any atom is -0.312 e. The maximum absolute atomic E-state index is 5.58. The standard InChI is InChI=1S/C53H37N3/c1-4-14-37-29-40(23-21-34(37)11-1)47-32-43(33-48(54-47)41-24-22-35-12-2-5-15-38(35)30-41)56-49-19-9-7-17-44(49)45-27-28-51-52(53(45)56)46-18-8-10-20-50(46)55(51)42-26-25-36-13-3-6-16-39(36)31-42/h1-4,6-14,16-31,33,47H,5,15,32H2. The molecule has 3 heterocycles. The molecule has 0 radical (unpaired) electrons. The van der Waals surface area contributed by atoms with Crippen LogP contribution < -0.4 is 0 Å². The molecule has 10 aromatic rings. The van der Waals surface area contributed by atoms with Crippen LogP contribution in [0.4, 0.5) is 0 Å². The maximum Gasteiger partial charge on any atom is 0.0811 e. The molecule has 1 unspecified atom stereocenters. The van der Waals surface area contributed by atoms with Gasteiger partial charge in [0.15, 0.2) is 0 Å². The topological polar surface area (TPSA) is 22.2 Å². The molecule has 0 bridgehead atoms. The van der Waals surface area contributed by atoms with Gasteiger partial charge in [-0.05, 0) is 99.6 Å². The van der Waals surface area contributed by atoms with Gasteiger partial charge in [-0.25, -0.2) is 0 Å². The first-order valence-corrected chi connectivity index (χ1v) is 19.8. The first-order chi connectivity index (χ1) is 27.7. The lowest BCUT2D eigenvalue weighted by atomic mass is 9.91. The molecule has 0 saturated heterocycles. The molecule has 264 valence electrons. The number of benzene rings is 8. The van der Waals surface area contributed by atoms with Gasteiger partial charge in [0, 0.05) is 44.9 Å². The second-order valence-electron chi connectivity index (χ2n) is 15.4. The van der Waals surface area contributed by atoms with Crippen molar-refractivity contribution in [3.05, 3.63) is 198 Å². The van der Waals surface area contributed by atoms with Crippen molar-refractivity contribution < 1.29 is 0 Å². The van der Waals surface area contributed by atoms with Crippen molar-refractivity contribution in [2.75, 3.05) is 0 Å². The van der Waals surface area contributed by atoms with E-state index in [1.807, 2.05) is 0 Å². The number of nitrogens with zero attached hydrogens (tertiary/aromatic N) is 3. The molecule has 12 rings (SSSR count). The van der Waals surface area contributed by atoms with E-state index in [4.69, 9.17) is 4.99 Å². The summed E-state index contributed by atoms with van der Waals surface area (Å²) in [4.78, 5) is 5.58. The molecule has 0 fully saturated rings. The smallest absolute Gasteiger partial charge is 0.0811 e. The summed E-state index contributed by atoms with van der Waals surface area (Å²) in [5.41, 5.74) is 13.5. The fraction of sp³-hybridized carbons (Fsp3) is 0.0755. The van der Waals surface area contributed by atoms with Gasteiger partial charge in [-0.2, -0.15) is 0 Å². The van der Waals surface area contributed by atoms with Gasteiger partial charge in [0.05, 0.1) is 33.8 Å². The number of aryl methyl sites for hydroxylation is 1. The summed E-state index contributed by atoms with van der Waals surface area (Å²) in [5, 5.41) is 10.0. The molecule has 8 aromatic carbocycles. The van der Waals surface area contributed by atoms with Crippen molar-refractivity contribution >= 4 is 82.6 Å². The molecule has 1 aliphatic heterocycles. The molecule has 0 spiro atoms. The first kappa shape index (κ1) is 31.4. The number of para-hydroxylation sites is 2. The number of allylic oxidation sites excluding steroid dienone is 2. The minimum absolute atomic E-state index is 0.0418. The van der Waals surface area contributed by atoms with E-state index in [1.54, 1.807) is 0 Å². The fourth-order valence-electron chi connectivity index (χ4n) is 9.58. The molecule has 1 atom stereocenters. The Labute approximate surface area is 324 Å². The van der Waals surface area contributed by atoms with Crippen LogP contribution in [-0.4, -0.2) is 14.8 Å². The Morgan fingerprint density at radius 3 is 2.09 bits per heavy atom. The van der Waals surface area contributed by atoms with Crippen LogP contribution in [0.2, 0.25) is 0 Å². The molecule has 0 saturated carbocycles. The Morgan fingerprint density at radius 1 is 0.536 bits per heavy atom. The van der Waals surface area contributed by atoms with Crippen molar-refractivity contribution in [2.24, 2.45) is 4.99 Å². The van der Waals surface area contributed by atoms with Crippen LogP contribution in [0.5, 0.6) is 0 Å². The van der Waals surface area contributed by atoms with E-state index in [0.29, 0.717) is 0 Å². The second kappa shape index (κ2) is 12.3. The van der Waals surface area contributed by atoms with Crippen molar-refractivity contribution in [2.45, 2.75) is 25.3 Å². The highest BCUT2D eigenvalue weighted by Gasteiger charge is 2.26. The Kier molecular flexibility index (Phi) is 6.88. The number of hydrogen-bond acceptors (Lipinski definition) is 1. The zero-order valence-corrected chi connectivity index (χ0v) is 30.9. The van der Waals surface area contributed by atoms with Crippen LogP contribution in [0.25, 0.3) is 82.6 Å². The van der Waals surface area contributed by atoms with E-state index < -0.39 is 0 Å². The van der Waals surface area contributed by atoms with E-state index in [2.05, 4.69) is 191 Å². The number of aromatic nitrogens is 2. The SMILES string of the molecule is C1=Cc2ccc(C3=NC(c4ccc5ccccc5c4)CC(n4c5ccccc5c5ccc6c(c7ccccc7n6-c6ccc7ccccc7c6)c54)=C3)cc2CC1. The van der Waals surface area contributed by atoms with E-state index in [0.717, 1.165) is 25.0 Å². The van der Waals surface area contributed by atoms with E-state index in [1.165, 1.54) is 98.8 Å². The summed E-state index contributed by atoms with van der Waals surface area (Å²) in [6.07, 6.45) is 9.85. The van der Waals surface area contributed by atoms with E-state index >= 15 is 0 Å². The summed E-state index contributed by atoms with van der Waals surface area (Å²) in [7, 11) is 0. The van der Waals surface area contributed by atoms with Gasteiger partial charge in [-0.3, -0.25) is 4.99 Å². The summed E-state index contributed by atoms with van der Waals surface area (Å²) < 4.78 is 5.04.